The van der Waals surface area contributed by atoms with Gasteiger partial charge in [0.1, 0.15) is 13.2 Å². The summed E-state index contributed by atoms with van der Waals surface area (Å²) in [5, 5.41) is 10.9. The number of aliphatic carboxylic acids is 1. The molecular weight excluding hydrogens is 224 g/mol. The Hall–Kier alpha value is -1.95. The average molecular weight is 238 g/mol. The molecule has 0 unspecified atom stereocenters. The first-order valence-electron chi connectivity index (χ1n) is 5.05. The molecule has 0 atom stereocenters. The summed E-state index contributed by atoms with van der Waals surface area (Å²) >= 11 is 0. The molecule has 1 amide bonds. The monoisotopic (exact) mass is 238 g/mol. The number of rotatable bonds is 6. The molecule has 0 fully saturated rings. The zero-order valence-corrected chi connectivity index (χ0v) is 9.47. The Morgan fingerprint density at radius 2 is 2.24 bits per heavy atom. The Morgan fingerprint density at radius 1 is 1.47 bits per heavy atom. The molecular formula is C11H14N2O4. The highest BCUT2D eigenvalue weighted by molar-refractivity contribution is 5.77. The van der Waals surface area contributed by atoms with Crippen LogP contribution in [0.25, 0.3) is 0 Å². The second-order valence-electron chi connectivity index (χ2n) is 3.47. The molecule has 6 heteroatoms. The standard InChI is InChI=1S/C11H14N2O4/c1-8-4-12-3-2-9(8)5-13-10(14)6-17-7-11(15)16/h2-4H,5-7H2,1H3,(H,13,14)(H,15,16). The van der Waals surface area contributed by atoms with Crippen LogP contribution in [0.15, 0.2) is 18.5 Å². The van der Waals surface area contributed by atoms with E-state index in [4.69, 9.17) is 5.11 Å². The number of hydrogen-bond donors (Lipinski definition) is 2. The topological polar surface area (TPSA) is 88.5 Å². The first kappa shape index (κ1) is 13.1. The SMILES string of the molecule is Cc1cnccc1CNC(=O)COCC(=O)O. The molecule has 0 radical (unpaired) electrons. The van der Waals surface area contributed by atoms with Crippen molar-refractivity contribution in [3.8, 4) is 0 Å². The fourth-order valence-electron chi connectivity index (χ4n) is 1.18. The maximum Gasteiger partial charge on any atom is 0.329 e. The molecule has 0 bridgehead atoms. The molecule has 1 rings (SSSR count). The van der Waals surface area contributed by atoms with E-state index in [1.54, 1.807) is 12.4 Å². The van der Waals surface area contributed by atoms with E-state index < -0.39 is 12.6 Å². The lowest BCUT2D eigenvalue weighted by Gasteiger charge is -2.07. The number of amides is 1. The molecule has 0 aromatic carbocycles. The summed E-state index contributed by atoms with van der Waals surface area (Å²) in [5.41, 5.74) is 1.95. The summed E-state index contributed by atoms with van der Waals surface area (Å²) in [7, 11) is 0. The summed E-state index contributed by atoms with van der Waals surface area (Å²) in [6, 6.07) is 1.81. The third-order valence-electron chi connectivity index (χ3n) is 2.07. The van der Waals surface area contributed by atoms with Gasteiger partial charge in [-0.05, 0) is 24.1 Å². The maximum absolute atomic E-state index is 11.3. The zero-order chi connectivity index (χ0) is 12.7. The van der Waals surface area contributed by atoms with E-state index in [0.29, 0.717) is 6.54 Å². The maximum atomic E-state index is 11.3. The number of carboxylic acid groups (broad SMARTS) is 1. The number of aryl methyl sites for hydroxylation is 1. The van der Waals surface area contributed by atoms with E-state index >= 15 is 0 Å². The Labute approximate surface area is 98.6 Å². The summed E-state index contributed by atoms with van der Waals surface area (Å²) in [4.78, 5) is 25.3. The van der Waals surface area contributed by atoms with Gasteiger partial charge < -0.3 is 15.2 Å². The van der Waals surface area contributed by atoms with Crippen LogP contribution in [0.4, 0.5) is 0 Å². The Bertz CT molecular complexity index is 406. The molecule has 0 spiro atoms. The van der Waals surface area contributed by atoms with Gasteiger partial charge in [0.2, 0.25) is 5.91 Å². The predicted octanol–water partition coefficient (Wildman–Crippen LogP) is 0.107. The molecule has 0 saturated heterocycles. The number of aromatic nitrogens is 1. The van der Waals surface area contributed by atoms with Crippen molar-refractivity contribution in [2.24, 2.45) is 0 Å². The van der Waals surface area contributed by atoms with Gasteiger partial charge in [-0.3, -0.25) is 9.78 Å². The molecule has 1 aromatic heterocycles. The number of nitrogens with zero attached hydrogens (tertiary/aromatic N) is 1. The van der Waals surface area contributed by atoms with Gasteiger partial charge >= 0.3 is 5.97 Å². The van der Waals surface area contributed by atoms with Crippen LogP contribution in [0, 0.1) is 6.92 Å². The lowest BCUT2D eigenvalue weighted by molar-refractivity contribution is -0.143. The first-order valence-corrected chi connectivity index (χ1v) is 5.05. The smallest absolute Gasteiger partial charge is 0.329 e. The van der Waals surface area contributed by atoms with Crippen molar-refractivity contribution in [1.82, 2.24) is 10.3 Å². The van der Waals surface area contributed by atoms with Crippen LogP contribution < -0.4 is 5.32 Å². The minimum Gasteiger partial charge on any atom is -0.480 e. The van der Waals surface area contributed by atoms with Crippen LogP contribution in [0.2, 0.25) is 0 Å². The fourth-order valence-corrected chi connectivity index (χ4v) is 1.18. The molecule has 0 aliphatic rings. The molecule has 17 heavy (non-hydrogen) atoms. The van der Waals surface area contributed by atoms with Crippen molar-refractivity contribution in [3.63, 3.8) is 0 Å². The number of nitrogens with one attached hydrogen (secondary N) is 1. The molecule has 0 saturated carbocycles. The third-order valence-corrected chi connectivity index (χ3v) is 2.07. The lowest BCUT2D eigenvalue weighted by atomic mass is 10.1. The van der Waals surface area contributed by atoms with E-state index in [9.17, 15) is 9.59 Å². The quantitative estimate of drug-likeness (QED) is 0.734. The second-order valence-corrected chi connectivity index (χ2v) is 3.47. The van der Waals surface area contributed by atoms with Gasteiger partial charge in [0.25, 0.3) is 0 Å². The molecule has 6 nitrogen and oxygen atoms in total. The van der Waals surface area contributed by atoms with Crippen LogP contribution in [0.3, 0.4) is 0 Å². The van der Waals surface area contributed by atoms with Crippen LogP contribution in [0.5, 0.6) is 0 Å². The normalized spacial score (nSPS) is 9.94. The van der Waals surface area contributed by atoms with E-state index in [2.05, 4.69) is 15.0 Å². The summed E-state index contributed by atoms with van der Waals surface area (Å²) < 4.78 is 4.65. The van der Waals surface area contributed by atoms with Crippen LogP contribution in [-0.4, -0.2) is 35.2 Å². The number of pyridine rings is 1. The molecule has 2 N–H and O–H groups in total. The van der Waals surface area contributed by atoms with Crippen molar-refractivity contribution in [1.29, 1.82) is 0 Å². The largest absolute Gasteiger partial charge is 0.480 e. The van der Waals surface area contributed by atoms with Crippen molar-refractivity contribution in [2.75, 3.05) is 13.2 Å². The van der Waals surface area contributed by atoms with Gasteiger partial charge in [-0.25, -0.2) is 4.79 Å². The third kappa shape index (κ3) is 5.07. The molecule has 0 aliphatic heterocycles. The summed E-state index contributed by atoms with van der Waals surface area (Å²) in [6.07, 6.45) is 3.36. The van der Waals surface area contributed by atoms with Crippen molar-refractivity contribution in [3.05, 3.63) is 29.6 Å². The number of hydrogen-bond acceptors (Lipinski definition) is 4. The van der Waals surface area contributed by atoms with Crippen LogP contribution >= 0.6 is 0 Å². The minimum atomic E-state index is -1.09. The zero-order valence-electron chi connectivity index (χ0n) is 9.47. The predicted molar refractivity (Wildman–Crippen MR) is 59.3 cm³/mol. The average Bonchev–Trinajstić information content (AvgIpc) is 2.27. The second kappa shape index (κ2) is 6.59. The molecule has 0 aliphatic carbocycles. The van der Waals surface area contributed by atoms with Gasteiger partial charge in [0.05, 0.1) is 0 Å². The van der Waals surface area contributed by atoms with Gasteiger partial charge in [-0.15, -0.1) is 0 Å². The van der Waals surface area contributed by atoms with Crippen LogP contribution in [0.1, 0.15) is 11.1 Å². The Kier molecular flexibility index (Phi) is 5.09. The molecule has 1 heterocycles. The highest BCUT2D eigenvalue weighted by Gasteiger charge is 2.04. The number of carboxylic acids is 1. The van der Waals surface area contributed by atoms with Crippen molar-refractivity contribution < 1.29 is 19.4 Å². The number of carbonyl (C=O) groups is 2. The van der Waals surface area contributed by atoms with Crippen molar-refractivity contribution >= 4 is 11.9 Å². The van der Waals surface area contributed by atoms with E-state index in [-0.39, 0.29) is 12.5 Å². The van der Waals surface area contributed by atoms with Gasteiger partial charge in [-0.1, -0.05) is 0 Å². The lowest BCUT2D eigenvalue weighted by Crippen LogP contribution is -2.28. The van der Waals surface area contributed by atoms with Crippen LogP contribution in [-0.2, 0) is 20.9 Å². The first-order chi connectivity index (χ1) is 8.09. The Balaban J connectivity index is 2.29. The van der Waals surface area contributed by atoms with Gasteiger partial charge in [0.15, 0.2) is 0 Å². The molecule has 1 aromatic rings. The molecule has 92 valence electrons. The van der Waals surface area contributed by atoms with Gasteiger partial charge in [0, 0.05) is 18.9 Å². The van der Waals surface area contributed by atoms with E-state index in [0.717, 1.165) is 11.1 Å². The highest BCUT2D eigenvalue weighted by atomic mass is 16.5. The van der Waals surface area contributed by atoms with Crippen molar-refractivity contribution in [2.45, 2.75) is 13.5 Å². The van der Waals surface area contributed by atoms with E-state index in [1.165, 1.54) is 0 Å². The van der Waals surface area contributed by atoms with Gasteiger partial charge in [-0.2, -0.15) is 0 Å². The fraction of sp³-hybridized carbons (Fsp3) is 0.364. The highest BCUT2D eigenvalue weighted by Crippen LogP contribution is 2.03. The number of carbonyl (C=O) groups excluding carboxylic acids is 1. The Morgan fingerprint density at radius 3 is 2.88 bits per heavy atom. The van der Waals surface area contributed by atoms with E-state index in [1.807, 2.05) is 13.0 Å². The summed E-state index contributed by atoms with van der Waals surface area (Å²) in [6.45, 7) is 1.55. The number of ether oxygens (including phenoxy) is 1. The summed E-state index contributed by atoms with van der Waals surface area (Å²) in [5.74, 6) is -1.44. The minimum absolute atomic E-state index is 0.254.